The molecule has 0 radical (unpaired) electrons. The van der Waals surface area contributed by atoms with E-state index in [-0.39, 0.29) is 11.7 Å². The fourth-order valence-electron chi connectivity index (χ4n) is 3.53. The first kappa shape index (κ1) is 15.9. The highest BCUT2D eigenvalue weighted by Gasteiger charge is 2.31. The molecular formula is C19H22N4O2. The number of ether oxygens (including phenoxy) is 1. The summed E-state index contributed by atoms with van der Waals surface area (Å²) in [5.74, 6) is 0.379. The van der Waals surface area contributed by atoms with Gasteiger partial charge in [-0.15, -0.1) is 0 Å². The highest BCUT2D eigenvalue weighted by atomic mass is 16.5. The summed E-state index contributed by atoms with van der Waals surface area (Å²) in [5.41, 5.74) is 2.10. The van der Waals surface area contributed by atoms with Crippen LogP contribution in [0.3, 0.4) is 0 Å². The van der Waals surface area contributed by atoms with Gasteiger partial charge in [0.15, 0.2) is 0 Å². The lowest BCUT2D eigenvalue weighted by atomic mass is 9.98. The number of aromatic nitrogens is 3. The maximum absolute atomic E-state index is 12.3. The molecule has 2 atom stereocenters. The zero-order valence-electron chi connectivity index (χ0n) is 14.5. The Morgan fingerprint density at radius 3 is 2.96 bits per heavy atom. The van der Waals surface area contributed by atoms with Gasteiger partial charge in [0.2, 0.25) is 0 Å². The van der Waals surface area contributed by atoms with E-state index in [1.54, 1.807) is 24.0 Å². The van der Waals surface area contributed by atoms with Crippen LogP contribution in [-0.2, 0) is 18.8 Å². The molecule has 3 heterocycles. The predicted octanol–water partition coefficient (Wildman–Crippen LogP) is 2.46. The van der Waals surface area contributed by atoms with Gasteiger partial charge in [-0.05, 0) is 36.1 Å². The average Bonchev–Trinajstić information content (AvgIpc) is 3.24. The van der Waals surface area contributed by atoms with Crippen molar-refractivity contribution in [2.45, 2.75) is 12.5 Å². The van der Waals surface area contributed by atoms with E-state index in [2.05, 4.69) is 10.4 Å². The van der Waals surface area contributed by atoms with Crippen LogP contribution in [0.15, 0.2) is 47.5 Å². The molecule has 1 aliphatic heterocycles. The summed E-state index contributed by atoms with van der Waals surface area (Å²) in [4.78, 5) is 12.3. The molecule has 0 saturated carbocycles. The zero-order chi connectivity index (χ0) is 17.4. The summed E-state index contributed by atoms with van der Waals surface area (Å²) in [6.07, 6.45) is 4.68. The summed E-state index contributed by atoms with van der Waals surface area (Å²) in [6, 6.07) is 9.93. The van der Waals surface area contributed by atoms with Crippen LogP contribution in [0.5, 0.6) is 0 Å². The molecule has 2 aromatic heterocycles. The third kappa shape index (κ3) is 2.93. The number of hydrogen-bond acceptors (Lipinski definition) is 4. The molecule has 1 saturated heterocycles. The SMILES string of the molecule is Cn1nccc1[C@@H]1OCC[C@H]1CNc1ccc2ccn(C)c(=O)c2c1. The second-order valence-corrected chi connectivity index (χ2v) is 6.63. The number of rotatable bonds is 4. The number of nitrogens with one attached hydrogen (secondary N) is 1. The number of fused-ring (bicyclic) bond motifs is 1. The van der Waals surface area contributed by atoms with Crippen LogP contribution < -0.4 is 10.9 Å². The highest BCUT2D eigenvalue weighted by Crippen LogP contribution is 2.34. The first-order valence-corrected chi connectivity index (χ1v) is 8.56. The monoisotopic (exact) mass is 338 g/mol. The van der Waals surface area contributed by atoms with Gasteiger partial charge < -0.3 is 14.6 Å². The fourth-order valence-corrected chi connectivity index (χ4v) is 3.53. The Morgan fingerprint density at radius 1 is 1.28 bits per heavy atom. The second kappa shape index (κ2) is 6.37. The molecular weight excluding hydrogens is 316 g/mol. The van der Waals surface area contributed by atoms with Crippen LogP contribution in [0.4, 0.5) is 5.69 Å². The van der Waals surface area contributed by atoms with Gasteiger partial charge in [0.25, 0.3) is 5.56 Å². The van der Waals surface area contributed by atoms with Crippen LogP contribution in [0.2, 0.25) is 0 Å². The maximum Gasteiger partial charge on any atom is 0.258 e. The number of anilines is 1. The molecule has 0 amide bonds. The molecule has 3 aromatic rings. The maximum atomic E-state index is 12.3. The number of pyridine rings is 1. The first-order valence-electron chi connectivity index (χ1n) is 8.56. The summed E-state index contributed by atoms with van der Waals surface area (Å²) in [5, 5.41) is 9.42. The van der Waals surface area contributed by atoms with Gasteiger partial charge in [-0.3, -0.25) is 9.48 Å². The number of nitrogens with zero attached hydrogens (tertiary/aromatic N) is 3. The van der Waals surface area contributed by atoms with E-state index < -0.39 is 0 Å². The number of benzene rings is 1. The fraction of sp³-hybridized carbons (Fsp3) is 0.368. The number of aryl methyl sites for hydroxylation is 2. The molecule has 6 nitrogen and oxygen atoms in total. The minimum atomic E-state index is 0.0260. The predicted molar refractivity (Wildman–Crippen MR) is 97.7 cm³/mol. The van der Waals surface area contributed by atoms with Crippen molar-refractivity contribution in [3.05, 3.63) is 58.8 Å². The van der Waals surface area contributed by atoms with Crippen LogP contribution >= 0.6 is 0 Å². The van der Waals surface area contributed by atoms with E-state index >= 15 is 0 Å². The topological polar surface area (TPSA) is 61.1 Å². The van der Waals surface area contributed by atoms with Gasteiger partial charge in [0.05, 0.1) is 5.69 Å². The van der Waals surface area contributed by atoms with E-state index in [0.717, 1.165) is 41.7 Å². The Bertz CT molecular complexity index is 959. The Labute approximate surface area is 146 Å². The molecule has 6 heteroatoms. The van der Waals surface area contributed by atoms with E-state index in [1.807, 2.05) is 42.1 Å². The summed E-state index contributed by atoms with van der Waals surface area (Å²) >= 11 is 0. The smallest absolute Gasteiger partial charge is 0.258 e. The molecule has 1 aliphatic rings. The lowest BCUT2D eigenvalue weighted by Crippen LogP contribution is -2.20. The van der Waals surface area contributed by atoms with Crippen molar-refractivity contribution in [1.82, 2.24) is 14.3 Å². The normalized spacial score (nSPS) is 20.2. The molecule has 130 valence electrons. The van der Waals surface area contributed by atoms with Gasteiger partial charge >= 0.3 is 0 Å². The van der Waals surface area contributed by atoms with Crippen molar-refractivity contribution >= 4 is 16.5 Å². The largest absolute Gasteiger partial charge is 0.385 e. The molecule has 1 fully saturated rings. The second-order valence-electron chi connectivity index (χ2n) is 6.63. The van der Waals surface area contributed by atoms with Gasteiger partial charge in [-0.1, -0.05) is 6.07 Å². The van der Waals surface area contributed by atoms with Crippen molar-refractivity contribution in [3.8, 4) is 0 Å². The van der Waals surface area contributed by atoms with Crippen molar-refractivity contribution < 1.29 is 4.74 Å². The Balaban J connectivity index is 1.53. The molecule has 0 bridgehead atoms. The van der Waals surface area contributed by atoms with E-state index in [4.69, 9.17) is 4.74 Å². The van der Waals surface area contributed by atoms with Crippen LogP contribution in [0.25, 0.3) is 10.8 Å². The van der Waals surface area contributed by atoms with E-state index in [0.29, 0.717) is 5.92 Å². The molecule has 1 aromatic carbocycles. The third-order valence-corrected chi connectivity index (χ3v) is 5.01. The number of hydrogen-bond donors (Lipinski definition) is 1. The highest BCUT2D eigenvalue weighted by molar-refractivity contribution is 5.84. The first-order chi connectivity index (χ1) is 12.1. The Kier molecular flexibility index (Phi) is 4.05. The van der Waals surface area contributed by atoms with Crippen molar-refractivity contribution in [2.75, 3.05) is 18.5 Å². The standard InChI is InChI=1S/C19H22N4O2/c1-22-9-6-13-3-4-15(11-16(13)19(22)24)20-12-14-7-10-25-18(14)17-5-8-21-23(17)2/h3-6,8-9,11,14,18,20H,7,10,12H2,1-2H3/t14-,18+/m0/s1. The Morgan fingerprint density at radius 2 is 2.16 bits per heavy atom. The molecule has 4 rings (SSSR count). The molecule has 1 N–H and O–H groups in total. The molecule has 25 heavy (non-hydrogen) atoms. The van der Waals surface area contributed by atoms with E-state index in [1.165, 1.54) is 0 Å². The van der Waals surface area contributed by atoms with Gasteiger partial charge in [-0.25, -0.2) is 0 Å². The third-order valence-electron chi connectivity index (χ3n) is 5.01. The van der Waals surface area contributed by atoms with Crippen LogP contribution in [0, 0.1) is 5.92 Å². The summed E-state index contributed by atoms with van der Waals surface area (Å²) in [6.45, 7) is 1.56. The van der Waals surface area contributed by atoms with Crippen molar-refractivity contribution in [2.24, 2.45) is 20.0 Å². The lowest BCUT2D eigenvalue weighted by molar-refractivity contribution is 0.0866. The summed E-state index contributed by atoms with van der Waals surface area (Å²) < 4.78 is 9.41. The molecule has 0 spiro atoms. The van der Waals surface area contributed by atoms with Gasteiger partial charge in [0, 0.05) is 56.6 Å². The van der Waals surface area contributed by atoms with Crippen LogP contribution in [-0.4, -0.2) is 27.5 Å². The minimum Gasteiger partial charge on any atom is -0.385 e. The summed E-state index contributed by atoms with van der Waals surface area (Å²) in [7, 11) is 3.72. The van der Waals surface area contributed by atoms with Gasteiger partial charge in [0.1, 0.15) is 6.10 Å². The lowest BCUT2D eigenvalue weighted by Gasteiger charge is -2.20. The van der Waals surface area contributed by atoms with Crippen LogP contribution in [0.1, 0.15) is 18.2 Å². The molecule has 0 aliphatic carbocycles. The van der Waals surface area contributed by atoms with Gasteiger partial charge in [-0.2, -0.15) is 5.10 Å². The van der Waals surface area contributed by atoms with Crippen molar-refractivity contribution in [3.63, 3.8) is 0 Å². The minimum absolute atomic E-state index is 0.0260. The van der Waals surface area contributed by atoms with Crippen molar-refractivity contribution in [1.29, 1.82) is 0 Å². The molecule has 0 unspecified atom stereocenters. The average molecular weight is 338 g/mol. The Hall–Kier alpha value is -2.60. The van der Waals surface area contributed by atoms with E-state index in [9.17, 15) is 4.79 Å². The quantitative estimate of drug-likeness (QED) is 0.794. The zero-order valence-corrected chi connectivity index (χ0v) is 14.5.